The molecule has 0 aliphatic carbocycles. The molecular formula is C17H20N2O3S. The average Bonchev–Trinajstić information content (AvgIpc) is 2.90. The third kappa shape index (κ3) is 3.91. The summed E-state index contributed by atoms with van der Waals surface area (Å²) in [5.74, 6) is 3.05. The summed E-state index contributed by atoms with van der Waals surface area (Å²) in [5, 5.41) is 12.2. The molecule has 3 rings (SSSR count). The Kier molecular flexibility index (Phi) is 4.97. The van der Waals surface area contributed by atoms with Crippen LogP contribution >= 0.6 is 11.8 Å². The molecule has 1 saturated heterocycles. The van der Waals surface area contributed by atoms with Gasteiger partial charge in [-0.1, -0.05) is 6.07 Å². The van der Waals surface area contributed by atoms with Gasteiger partial charge in [-0.2, -0.15) is 17.0 Å². The van der Waals surface area contributed by atoms with Gasteiger partial charge in [0.05, 0.1) is 19.3 Å². The molecule has 6 heteroatoms. The zero-order chi connectivity index (χ0) is 16.1. The van der Waals surface area contributed by atoms with Crippen LogP contribution in [0.5, 0.6) is 11.5 Å². The monoisotopic (exact) mass is 332 g/mol. The molecule has 0 aromatic heterocycles. The summed E-state index contributed by atoms with van der Waals surface area (Å²) in [6, 6.07) is 8.07. The molecule has 2 aliphatic rings. The Labute approximate surface area is 140 Å². The third-order valence-corrected chi connectivity index (χ3v) is 5.26. The lowest BCUT2D eigenvalue weighted by Gasteiger charge is -2.21. The lowest BCUT2D eigenvalue weighted by Crippen LogP contribution is -2.47. The normalized spacial score (nSPS) is 22.9. The van der Waals surface area contributed by atoms with Crippen LogP contribution in [0, 0.1) is 11.3 Å². The van der Waals surface area contributed by atoms with Gasteiger partial charge in [0.25, 0.3) is 0 Å². The first-order chi connectivity index (χ1) is 11.2. The van der Waals surface area contributed by atoms with Crippen molar-refractivity contribution in [1.82, 2.24) is 5.32 Å². The molecule has 1 aromatic carbocycles. The zero-order valence-corrected chi connectivity index (χ0v) is 13.8. The number of ether oxygens (including phenoxy) is 2. The topological polar surface area (TPSA) is 71.4 Å². The number of carbonyl (C=O) groups excluding carboxylic acids is 1. The Morgan fingerprint density at radius 3 is 2.91 bits per heavy atom. The van der Waals surface area contributed by atoms with E-state index in [1.807, 2.05) is 18.2 Å². The number of carbonyl (C=O) groups is 1. The molecule has 1 aromatic rings. The van der Waals surface area contributed by atoms with E-state index in [0.29, 0.717) is 31.8 Å². The summed E-state index contributed by atoms with van der Waals surface area (Å²) >= 11 is 1.71. The first-order valence-electron chi connectivity index (χ1n) is 7.89. The van der Waals surface area contributed by atoms with Gasteiger partial charge in [-0.25, -0.2) is 0 Å². The highest BCUT2D eigenvalue weighted by atomic mass is 32.2. The van der Waals surface area contributed by atoms with Gasteiger partial charge in [-0.05, 0) is 36.3 Å². The number of thioether (sulfide) groups is 1. The van der Waals surface area contributed by atoms with Crippen molar-refractivity contribution in [2.24, 2.45) is 0 Å². The molecule has 1 N–H and O–H groups in total. The number of nitriles is 1. The molecule has 122 valence electrons. The number of nitrogens with one attached hydrogen (secondary N) is 1. The van der Waals surface area contributed by atoms with Crippen LogP contribution in [-0.4, -0.2) is 36.2 Å². The zero-order valence-electron chi connectivity index (χ0n) is 13.0. The molecular weight excluding hydrogens is 312 g/mol. The predicted octanol–water partition coefficient (Wildman–Crippen LogP) is 2.30. The summed E-state index contributed by atoms with van der Waals surface area (Å²) in [6.07, 6.45) is 2.59. The summed E-state index contributed by atoms with van der Waals surface area (Å²) in [7, 11) is 0. The molecule has 1 fully saturated rings. The molecule has 1 amide bonds. The SMILES string of the molecule is N#C[C@]1(NC(=O)CCc2ccc3c(c2)OCCCO3)CCSC1. The van der Waals surface area contributed by atoms with Gasteiger partial charge < -0.3 is 14.8 Å². The van der Waals surface area contributed by atoms with Crippen LogP contribution in [0.25, 0.3) is 0 Å². The number of nitrogens with zero attached hydrogens (tertiary/aromatic N) is 1. The van der Waals surface area contributed by atoms with Crippen LogP contribution in [0.2, 0.25) is 0 Å². The Bertz CT molecular complexity index is 621. The average molecular weight is 332 g/mol. The van der Waals surface area contributed by atoms with Crippen molar-refractivity contribution in [3.05, 3.63) is 23.8 Å². The van der Waals surface area contributed by atoms with Crippen molar-refractivity contribution in [3.63, 3.8) is 0 Å². The van der Waals surface area contributed by atoms with E-state index in [-0.39, 0.29) is 5.91 Å². The van der Waals surface area contributed by atoms with Crippen LogP contribution in [0.3, 0.4) is 0 Å². The highest BCUT2D eigenvalue weighted by Crippen LogP contribution is 2.31. The van der Waals surface area contributed by atoms with Gasteiger partial charge in [-0.3, -0.25) is 4.79 Å². The highest BCUT2D eigenvalue weighted by molar-refractivity contribution is 7.99. The van der Waals surface area contributed by atoms with Crippen molar-refractivity contribution in [2.75, 3.05) is 24.7 Å². The first kappa shape index (κ1) is 16.0. The van der Waals surface area contributed by atoms with E-state index in [1.54, 1.807) is 11.8 Å². The molecule has 23 heavy (non-hydrogen) atoms. The van der Waals surface area contributed by atoms with Gasteiger partial charge in [0.15, 0.2) is 11.5 Å². The van der Waals surface area contributed by atoms with E-state index in [0.717, 1.165) is 35.7 Å². The van der Waals surface area contributed by atoms with Crippen LogP contribution in [-0.2, 0) is 11.2 Å². The van der Waals surface area contributed by atoms with Crippen molar-refractivity contribution in [3.8, 4) is 17.6 Å². The van der Waals surface area contributed by atoms with Crippen LogP contribution in [0.4, 0.5) is 0 Å². The predicted molar refractivity (Wildman–Crippen MR) is 88.8 cm³/mol. The Morgan fingerprint density at radius 2 is 2.17 bits per heavy atom. The van der Waals surface area contributed by atoms with Crippen LogP contribution < -0.4 is 14.8 Å². The lowest BCUT2D eigenvalue weighted by atomic mass is 10.0. The third-order valence-electron chi connectivity index (χ3n) is 4.07. The number of fused-ring (bicyclic) bond motifs is 1. The number of aryl methyl sites for hydroxylation is 1. The summed E-state index contributed by atoms with van der Waals surface area (Å²) in [6.45, 7) is 1.32. The Balaban J connectivity index is 1.57. The largest absolute Gasteiger partial charge is 0.490 e. The summed E-state index contributed by atoms with van der Waals surface area (Å²) in [5.41, 5.74) is 0.364. The van der Waals surface area contributed by atoms with E-state index >= 15 is 0 Å². The van der Waals surface area contributed by atoms with Crippen LogP contribution in [0.15, 0.2) is 18.2 Å². The fourth-order valence-corrected chi connectivity index (χ4v) is 4.00. The minimum absolute atomic E-state index is 0.0684. The van der Waals surface area contributed by atoms with Crippen molar-refractivity contribution >= 4 is 17.7 Å². The Hall–Kier alpha value is -1.87. The van der Waals surface area contributed by atoms with E-state index in [9.17, 15) is 10.1 Å². The summed E-state index contributed by atoms with van der Waals surface area (Å²) < 4.78 is 11.3. The molecule has 1 atom stereocenters. The first-order valence-corrected chi connectivity index (χ1v) is 9.05. The number of amides is 1. The quantitative estimate of drug-likeness (QED) is 0.916. The fraction of sp³-hybridized carbons (Fsp3) is 0.529. The van der Waals surface area contributed by atoms with Gasteiger partial charge in [0.1, 0.15) is 5.54 Å². The number of hydrogen-bond acceptors (Lipinski definition) is 5. The molecule has 0 unspecified atom stereocenters. The van der Waals surface area contributed by atoms with Gasteiger partial charge in [-0.15, -0.1) is 0 Å². The second-order valence-corrected chi connectivity index (χ2v) is 6.98. The lowest BCUT2D eigenvalue weighted by molar-refractivity contribution is -0.122. The maximum atomic E-state index is 12.2. The summed E-state index contributed by atoms with van der Waals surface area (Å²) in [4.78, 5) is 12.2. The smallest absolute Gasteiger partial charge is 0.221 e. The standard InChI is InChI=1S/C17H20N2O3S/c18-11-17(6-9-23-12-17)19-16(20)5-3-13-2-4-14-15(10-13)22-8-1-7-21-14/h2,4,10H,1,3,5-9,12H2,(H,19,20)/t17-/m1/s1. The van der Waals surface area contributed by atoms with Crippen molar-refractivity contribution in [2.45, 2.75) is 31.2 Å². The molecule has 0 saturated carbocycles. The fourth-order valence-electron chi connectivity index (χ4n) is 2.73. The minimum atomic E-state index is -0.674. The minimum Gasteiger partial charge on any atom is -0.490 e. The molecule has 5 nitrogen and oxygen atoms in total. The van der Waals surface area contributed by atoms with Crippen molar-refractivity contribution in [1.29, 1.82) is 5.26 Å². The Morgan fingerprint density at radius 1 is 1.35 bits per heavy atom. The number of rotatable bonds is 4. The maximum Gasteiger partial charge on any atom is 0.221 e. The van der Waals surface area contributed by atoms with E-state index in [2.05, 4.69) is 11.4 Å². The van der Waals surface area contributed by atoms with Gasteiger partial charge in [0, 0.05) is 18.6 Å². The van der Waals surface area contributed by atoms with E-state index in [1.165, 1.54) is 0 Å². The second-order valence-electron chi connectivity index (χ2n) is 5.88. The molecule has 2 aliphatic heterocycles. The molecule has 0 radical (unpaired) electrons. The second kappa shape index (κ2) is 7.14. The van der Waals surface area contributed by atoms with Gasteiger partial charge in [0.2, 0.25) is 5.91 Å². The van der Waals surface area contributed by atoms with Gasteiger partial charge >= 0.3 is 0 Å². The number of hydrogen-bond donors (Lipinski definition) is 1. The highest BCUT2D eigenvalue weighted by Gasteiger charge is 2.35. The maximum absolute atomic E-state index is 12.2. The van der Waals surface area contributed by atoms with E-state index in [4.69, 9.17) is 9.47 Å². The van der Waals surface area contributed by atoms with Crippen molar-refractivity contribution < 1.29 is 14.3 Å². The van der Waals surface area contributed by atoms with Crippen LogP contribution in [0.1, 0.15) is 24.8 Å². The number of benzene rings is 1. The molecule has 0 bridgehead atoms. The van der Waals surface area contributed by atoms with E-state index < -0.39 is 5.54 Å². The molecule has 2 heterocycles. The molecule has 0 spiro atoms.